The fraction of sp³-hybridized carbons (Fsp3) is 0.389. The average Bonchev–Trinajstić information content (AvgIpc) is 2.91. The standard InChI is InChI=1S/C18H19F3N4O/c19-18(20,21)13-5-7-14(8-6-13)24-17(26)15-11-16(23-12-22-15)25-9-3-1-2-4-10-25/h5-8,11-12H,1-4,9-10H2,(H,24,26). The molecule has 8 heteroatoms. The first-order valence-corrected chi connectivity index (χ1v) is 8.49. The van der Waals surface area contributed by atoms with Gasteiger partial charge in [0, 0.05) is 24.8 Å². The molecule has 1 aliphatic rings. The van der Waals surface area contributed by atoms with E-state index >= 15 is 0 Å². The molecule has 1 aromatic heterocycles. The van der Waals surface area contributed by atoms with Crippen LogP contribution >= 0.6 is 0 Å². The molecular weight excluding hydrogens is 345 g/mol. The number of nitrogens with zero attached hydrogens (tertiary/aromatic N) is 3. The molecule has 0 aliphatic carbocycles. The maximum absolute atomic E-state index is 12.6. The lowest BCUT2D eigenvalue weighted by atomic mass is 10.2. The van der Waals surface area contributed by atoms with E-state index in [-0.39, 0.29) is 11.4 Å². The highest BCUT2D eigenvalue weighted by molar-refractivity contribution is 6.03. The number of aromatic nitrogens is 2. The fourth-order valence-electron chi connectivity index (χ4n) is 2.88. The van der Waals surface area contributed by atoms with Gasteiger partial charge in [0.1, 0.15) is 17.8 Å². The smallest absolute Gasteiger partial charge is 0.357 e. The van der Waals surface area contributed by atoms with Crippen LogP contribution in [0, 0.1) is 0 Å². The molecule has 5 nitrogen and oxygen atoms in total. The number of rotatable bonds is 3. The molecule has 0 unspecified atom stereocenters. The van der Waals surface area contributed by atoms with Crippen LogP contribution in [0.3, 0.4) is 0 Å². The number of carbonyl (C=O) groups excluding carboxylic acids is 1. The zero-order chi connectivity index (χ0) is 18.6. The van der Waals surface area contributed by atoms with Crippen LogP contribution in [0.25, 0.3) is 0 Å². The summed E-state index contributed by atoms with van der Waals surface area (Å²) in [6.07, 6.45) is 1.46. The molecule has 1 aromatic carbocycles. The third-order valence-electron chi connectivity index (χ3n) is 4.29. The zero-order valence-electron chi connectivity index (χ0n) is 14.1. The summed E-state index contributed by atoms with van der Waals surface area (Å²) in [5.41, 5.74) is -0.307. The summed E-state index contributed by atoms with van der Waals surface area (Å²) in [6.45, 7) is 1.77. The summed E-state index contributed by atoms with van der Waals surface area (Å²) in [6, 6.07) is 5.91. The molecular formula is C18H19F3N4O. The van der Waals surface area contributed by atoms with Crippen molar-refractivity contribution < 1.29 is 18.0 Å². The van der Waals surface area contributed by atoms with Crippen molar-refractivity contribution in [2.24, 2.45) is 0 Å². The number of halogens is 3. The highest BCUT2D eigenvalue weighted by atomic mass is 19.4. The van der Waals surface area contributed by atoms with Gasteiger partial charge in [-0.2, -0.15) is 13.2 Å². The molecule has 3 rings (SSSR count). The summed E-state index contributed by atoms with van der Waals surface area (Å²) in [7, 11) is 0. The maximum Gasteiger partial charge on any atom is 0.416 e. The average molecular weight is 364 g/mol. The minimum Gasteiger partial charge on any atom is -0.357 e. The molecule has 0 saturated carbocycles. The molecule has 2 aromatic rings. The van der Waals surface area contributed by atoms with Crippen molar-refractivity contribution in [2.75, 3.05) is 23.3 Å². The quantitative estimate of drug-likeness (QED) is 0.890. The molecule has 1 aliphatic heterocycles. The van der Waals surface area contributed by atoms with Crippen LogP contribution in [0.5, 0.6) is 0 Å². The van der Waals surface area contributed by atoms with E-state index in [1.165, 1.54) is 31.3 Å². The van der Waals surface area contributed by atoms with Gasteiger partial charge in [0.25, 0.3) is 5.91 Å². The first-order chi connectivity index (χ1) is 12.4. The van der Waals surface area contributed by atoms with Crippen LogP contribution in [0.4, 0.5) is 24.7 Å². The van der Waals surface area contributed by atoms with Crippen molar-refractivity contribution in [1.29, 1.82) is 0 Å². The molecule has 0 bridgehead atoms. The Kier molecular flexibility index (Phi) is 5.39. The minimum absolute atomic E-state index is 0.180. The number of hydrogen-bond donors (Lipinski definition) is 1. The van der Waals surface area contributed by atoms with E-state index in [9.17, 15) is 18.0 Å². The van der Waals surface area contributed by atoms with Gasteiger partial charge in [-0.05, 0) is 37.1 Å². The van der Waals surface area contributed by atoms with Crippen LogP contribution in [-0.2, 0) is 6.18 Å². The van der Waals surface area contributed by atoms with E-state index in [1.54, 1.807) is 6.07 Å². The van der Waals surface area contributed by atoms with Gasteiger partial charge in [-0.3, -0.25) is 4.79 Å². The first kappa shape index (κ1) is 18.2. The molecule has 1 amide bonds. The van der Waals surface area contributed by atoms with Crippen LogP contribution in [-0.4, -0.2) is 29.0 Å². The number of hydrogen-bond acceptors (Lipinski definition) is 4. The molecule has 0 radical (unpaired) electrons. The van der Waals surface area contributed by atoms with Gasteiger partial charge in [-0.1, -0.05) is 12.8 Å². The lowest BCUT2D eigenvalue weighted by molar-refractivity contribution is -0.137. The summed E-state index contributed by atoms with van der Waals surface area (Å²) in [4.78, 5) is 22.7. The third-order valence-corrected chi connectivity index (χ3v) is 4.29. The number of nitrogens with one attached hydrogen (secondary N) is 1. The Balaban J connectivity index is 1.70. The number of carbonyl (C=O) groups is 1. The van der Waals surface area contributed by atoms with Crippen LogP contribution < -0.4 is 10.2 Å². The van der Waals surface area contributed by atoms with Crippen LogP contribution in [0.1, 0.15) is 41.7 Å². The molecule has 2 heterocycles. The van der Waals surface area contributed by atoms with Gasteiger partial charge >= 0.3 is 6.18 Å². The van der Waals surface area contributed by atoms with E-state index in [0.29, 0.717) is 5.82 Å². The van der Waals surface area contributed by atoms with Crippen molar-refractivity contribution in [3.63, 3.8) is 0 Å². The molecule has 0 spiro atoms. The Bertz CT molecular complexity index is 754. The second kappa shape index (κ2) is 7.72. The molecule has 138 valence electrons. The van der Waals surface area contributed by atoms with Gasteiger partial charge < -0.3 is 10.2 Å². The Morgan fingerprint density at radius 3 is 2.27 bits per heavy atom. The Morgan fingerprint density at radius 1 is 1.00 bits per heavy atom. The fourth-order valence-corrected chi connectivity index (χ4v) is 2.88. The summed E-state index contributed by atoms with van der Waals surface area (Å²) in [5.74, 6) is 0.211. The van der Waals surface area contributed by atoms with Crippen LogP contribution in [0.15, 0.2) is 36.7 Å². The van der Waals surface area contributed by atoms with Crippen molar-refractivity contribution in [2.45, 2.75) is 31.9 Å². The molecule has 1 N–H and O–H groups in total. The van der Waals surface area contributed by atoms with E-state index in [1.807, 2.05) is 0 Å². The van der Waals surface area contributed by atoms with E-state index in [2.05, 4.69) is 20.2 Å². The van der Waals surface area contributed by atoms with Gasteiger partial charge in [-0.25, -0.2) is 9.97 Å². The normalized spacial score (nSPS) is 15.4. The van der Waals surface area contributed by atoms with Gasteiger partial charge in [0.2, 0.25) is 0 Å². The highest BCUT2D eigenvalue weighted by Gasteiger charge is 2.30. The SMILES string of the molecule is O=C(Nc1ccc(C(F)(F)F)cc1)c1cc(N2CCCCCC2)ncn1. The molecule has 26 heavy (non-hydrogen) atoms. The summed E-state index contributed by atoms with van der Waals surface area (Å²) < 4.78 is 37.8. The van der Waals surface area contributed by atoms with Gasteiger partial charge in [0.05, 0.1) is 5.56 Å². The highest BCUT2D eigenvalue weighted by Crippen LogP contribution is 2.29. The van der Waals surface area contributed by atoms with E-state index in [4.69, 9.17) is 0 Å². The van der Waals surface area contributed by atoms with E-state index in [0.717, 1.165) is 38.1 Å². The number of alkyl halides is 3. The van der Waals surface area contributed by atoms with Crippen molar-refractivity contribution >= 4 is 17.4 Å². The second-order valence-corrected chi connectivity index (χ2v) is 6.19. The Morgan fingerprint density at radius 2 is 1.65 bits per heavy atom. The van der Waals surface area contributed by atoms with Crippen LogP contribution in [0.2, 0.25) is 0 Å². The topological polar surface area (TPSA) is 58.1 Å². The lowest BCUT2D eigenvalue weighted by Crippen LogP contribution is -2.25. The van der Waals surface area contributed by atoms with Gasteiger partial charge in [-0.15, -0.1) is 0 Å². The number of benzene rings is 1. The lowest BCUT2D eigenvalue weighted by Gasteiger charge is -2.21. The summed E-state index contributed by atoms with van der Waals surface area (Å²) in [5, 5.41) is 2.56. The maximum atomic E-state index is 12.6. The second-order valence-electron chi connectivity index (χ2n) is 6.19. The van der Waals surface area contributed by atoms with Crippen molar-refractivity contribution in [3.05, 3.63) is 47.9 Å². The molecule has 1 saturated heterocycles. The Hall–Kier alpha value is -2.64. The number of amides is 1. The molecule has 1 fully saturated rings. The predicted octanol–water partition coefficient (Wildman–Crippen LogP) is 4.13. The predicted molar refractivity (Wildman–Crippen MR) is 92.1 cm³/mol. The minimum atomic E-state index is -4.41. The first-order valence-electron chi connectivity index (χ1n) is 8.49. The van der Waals surface area contributed by atoms with Crippen molar-refractivity contribution in [3.8, 4) is 0 Å². The summed E-state index contributed by atoms with van der Waals surface area (Å²) >= 11 is 0. The van der Waals surface area contributed by atoms with Crippen molar-refractivity contribution in [1.82, 2.24) is 9.97 Å². The number of anilines is 2. The Labute approximate surface area is 149 Å². The third kappa shape index (κ3) is 4.50. The van der Waals surface area contributed by atoms with E-state index < -0.39 is 17.6 Å². The largest absolute Gasteiger partial charge is 0.416 e. The zero-order valence-corrected chi connectivity index (χ0v) is 14.1. The molecule has 0 atom stereocenters. The van der Waals surface area contributed by atoms with Gasteiger partial charge in [0.15, 0.2) is 0 Å². The monoisotopic (exact) mass is 364 g/mol.